The molecule has 0 saturated heterocycles. The summed E-state index contributed by atoms with van der Waals surface area (Å²) in [5, 5.41) is 8.75. The fraction of sp³-hybridized carbons (Fsp3) is 0.550. The lowest BCUT2D eigenvalue weighted by atomic mass is 10.0. The average molecular weight is 377 g/mol. The number of carbonyl (C=O) groups excluding carboxylic acids is 3. The van der Waals surface area contributed by atoms with E-state index in [4.69, 9.17) is 4.74 Å². The third-order valence-electron chi connectivity index (χ3n) is 3.88. The fourth-order valence-electron chi connectivity index (χ4n) is 2.42. The molecular weight excluding hydrogens is 346 g/mol. The molecular formula is C20H31N3O4. The topological polar surface area (TPSA) is 96.5 Å². The third kappa shape index (κ3) is 8.21. The van der Waals surface area contributed by atoms with Crippen LogP contribution in [-0.4, -0.2) is 35.9 Å². The maximum Gasteiger partial charge on any atom is 0.302 e. The van der Waals surface area contributed by atoms with Gasteiger partial charge in [0.2, 0.25) is 11.8 Å². The summed E-state index contributed by atoms with van der Waals surface area (Å²) in [5.74, 6) is -0.739. The van der Waals surface area contributed by atoms with Gasteiger partial charge in [-0.05, 0) is 30.5 Å². The minimum Gasteiger partial charge on any atom is -0.461 e. The molecule has 7 nitrogen and oxygen atoms in total. The molecule has 150 valence electrons. The Balaban J connectivity index is 2.60. The first-order valence-corrected chi connectivity index (χ1v) is 9.19. The molecule has 0 spiro atoms. The predicted octanol–water partition coefficient (Wildman–Crippen LogP) is 2.22. The van der Waals surface area contributed by atoms with Crippen molar-refractivity contribution < 1.29 is 19.1 Å². The van der Waals surface area contributed by atoms with Crippen molar-refractivity contribution in [3.63, 3.8) is 0 Å². The van der Waals surface area contributed by atoms with Gasteiger partial charge in [-0.15, -0.1) is 0 Å². The van der Waals surface area contributed by atoms with Gasteiger partial charge in [-0.1, -0.05) is 39.8 Å². The lowest BCUT2D eigenvalue weighted by molar-refractivity contribution is -0.142. The highest BCUT2D eigenvalue weighted by atomic mass is 16.5. The second-order valence-corrected chi connectivity index (χ2v) is 7.24. The molecule has 0 aromatic heterocycles. The zero-order chi connectivity index (χ0) is 20.6. The normalized spacial score (nSPS) is 13.2. The SMILES string of the molecule is CC(=O)OCc1ccc(NC(=O)[C@H](C)NC(=O)[C@@H](NC(C)C)C(C)C)cc1. The molecule has 0 aliphatic rings. The summed E-state index contributed by atoms with van der Waals surface area (Å²) in [4.78, 5) is 35.6. The van der Waals surface area contributed by atoms with E-state index in [0.717, 1.165) is 5.56 Å². The molecule has 0 fully saturated rings. The molecule has 0 aliphatic heterocycles. The maximum absolute atomic E-state index is 12.5. The molecule has 2 atom stereocenters. The highest BCUT2D eigenvalue weighted by Gasteiger charge is 2.25. The molecule has 0 bridgehead atoms. The van der Waals surface area contributed by atoms with E-state index >= 15 is 0 Å². The minimum atomic E-state index is -0.673. The highest BCUT2D eigenvalue weighted by molar-refractivity contribution is 5.97. The van der Waals surface area contributed by atoms with Crippen molar-refractivity contribution in [3.8, 4) is 0 Å². The van der Waals surface area contributed by atoms with Crippen molar-refractivity contribution in [2.45, 2.75) is 66.3 Å². The van der Waals surface area contributed by atoms with Crippen LogP contribution in [0.4, 0.5) is 5.69 Å². The van der Waals surface area contributed by atoms with Crippen LogP contribution in [0, 0.1) is 5.92 Å². The number of nitrogens with one attached hydrogen (secondary N) is 3. The quantitative estimate of drug-likeness (QED) is 0.574. The molecule has 1 aromatic rings. The van der Waals surface area contributed by atoms with Gasteiger partial charge in [0.05, 0.1) is 6.04 Å². The Bertz CT molecular complexity index is 641. The zero-order valence-corrected chi connectivity index (χ0v) is 17.0. The number of rotatable bonds is 9. The molecule has 1 aromatic carbocycles. The van der Waals surface area contributed by atoms with E-state index < -0.39 is 6.04 Å². The van der Waals surface area contributed by atoms with Gasteiger partial charge in [-0.3, -0.25) is 14.4 Å². The second-order valence-electron chi connectivity index (χ2n) is 7.24. The third-order valence-corrected chi connectivity index (χ3v) is 3.88. The lowest BCUT2D eigenvalue weighted by Crippen LogP contribution is -2.53. The molecule has 0 saturated carbocycles. The van der Waals surface area contributed by atoms with Crippen molar-refractivity contribution in [2.75, 3.05) is 5.32 Å². The molecule has 2 amide bonds. The van der Waals surface area contributed by atoms with Gasteiger partial charge in [0.15, 0.2) is 0 Å². The van der Waals surface area contributed by atoms with Gasteiger partial charge in [-0.2, -0.15) is 0 Å². The van der Waals surface area contributed by atoms with Crippen molar-refractivity contribution in [3.05, 3.63) is 29.8 Å². The van der Waals surface area contributed by atoms with E-state index in [1.807, 2.05) is 27.7 Å². The Morgan fingerprint density at radius 2 is 1.56 bits per heavy atom. The van der Waals surface area contributed by atoms with Gasteiger partial charge in [-0.25, -0.2) is 0 Å². The largest absolute Gasteiger partial charge is 0.461 e. The van der Waals surface area contributed by atoms with Gasteiger partial charge >= 0.3 is 5.97 Å². The minimum absolute atomic E-state index is 0.104. The number of anilines is 1. The van der Waals surface area contributed by atoms with Crippen LogP contribution < -0.4 is 16.0 Å². The van der Waals surface area contributed by atoms with Crippen molar-refractivity contribution in [2.24, 2.45) is 5.92 Å². The molecule has 3 N–H and O–H groups in total. The van der Waals surface area contributed by atoms with Crippen LogP contribution in [0.2, 0.25) is 0 Å². The van der Waals surface area contributed by atoms with E-state index in [-0.39, 0.29) is 42.4 Å². The predicted molar refractivity (Wildman–Crippen MR) is 105 cm³/mol. The molecule has 27 heavy (non-hydrogen) atoms. The second kappa shape index (κ2) is 10.7. The first-order valence-electron chi connectivity index (χ1n) is 9.19. The number of hydrogen-bond donors (Lipinski definition) is 3. The molecule has 0 heterocycles. The van der Waals surface area contributed by atoms with Gasteiger partial charge in [0.1, 0.15) is 12.6 Å². The Labute approximate surface area is 161 Å². The summed E-state index contributed by atoms with van der Waals surface area (Å²) in [6.45, 7) is 11.1. The summed E-state index contributed by atoms with van der Waals surface area (Å²) in [6.07, 6.45) is 0. The Morgan fingerprint density at radius 1 is 0.963 bits per heavy atom. The lowest BCUT2D eigenvalue weighted by Gasteiger charge is -2.25. The summed E-state index contributed by atoms with van der Waals surface area (Å²) in [5.41, 5.74) is 1.43. The van der Waals surface area contributed by atoms with Crippen LogP contribution in [0.1, 0.15) is 47.1 Å². The van der Waals surface area contributed by atoms with Gasteiger partial charge in [0.25, 0.3) is 0 Å². The summed E-state index contributed by atoms with van der Waals surface area (Å²) < 4.78 is 4.92. The number of ether oxygens (including phenoxy) is 1. The van der Waals surface area contributed by atoms with E-state index in [0.29, 0.717) is 5.69 Å². The van der Waals surface area contributed by atoms with Crippen LogP contribution >= 0.6 is 0 Å². The summed E-state index contributed by atoms with van der Waals surface area (Å²) in [6, 6.07) is 6.11. The van der Waals surface area contributed by atoms with Gasteiger partial charge in [0, 0.05) is 18.7 Å². The fourth-order valence-corrected chi connectivity index (χ4v) is 2.42. The Kier molecular flexibility index (Phi) is 8.94. The molecule has 1 rings (SSSR count). The van der Waals surface area contributed by atoms with Crippen LogP contribution in [0.5, 0.6) is 0 Å². The molecule has 0 radical (unpaired) electrons. The standard InChI is InChI=1S/C20H31N3O4/c1-12(2)18(21-13(3)4)20(26)22-14(5)19(25)23-17-9-7-16(8-10-17)11-27-15(6)24/h7-10,12-14,18,21H,11H2,1-6H3,(H,22,26)(H,23,25)/t14-,18-/m0/s1. The van der Waals surface area contributed by atoms with Crippen LogP contribution in [-0.2, 0) is 25.7 Å². The van der Waals surface area contributed by atoms with Crippen molar-refractivity contribution >= 4 is 23.5 Å². The van der Waals surface area contributed by atoms with Crippen molar-refractivity contribution in [1.29, 1.82) is 0 Å². The Morgan fingerprint density at radius 3 is 2.04 bits per heavy atom. The molecule has 0 aliphatic carbocycles. The van der Waals surface area contributed by atoms with E-state index in [1.165, 1.54) is 6.92 Å². The maximum atomic E-state index is 12.5. The number of hydrogen-bond acceptors (Lipinski definition) is 5. The smallest absolute Gasteiger partial charge is 0.302 e. The highest BCUT2D eigenvalue weighted by Crippen LogP contribution is 2.11. The first-order chi connectivity index (χ1) is 12.6. The van der Waals surface area contributed by atoms with E-state index in [9.17, 15) is 14.4 Å². The van der Waals surface area contributed by atoms with Crippen LogP contribution in [0.15, 0.2) is 24.3 Å². The van der Waals surface area contributed by atoms with Gasteiger partial charge < -0.3 is 20.7 Å². The number of benzene rings is 1. The Hall–Kier alpha value is -2.41. The first kappa shape index (κ1) is 22.6. The molecule has 0 unspecified atom stereocenters. The zero-order valence-electron chi connectivity index (χ0n) is 17.0. The van der Waals surface area contributed by atoms with E-state index in [2.05, 4.69) is 16.0 Å². The number of carbonyl (C=O) groups is 3. The molecule has 7 heteroatoms. The number of amides is 2. The monoisotopic (exact) mass is 377 g/mol. The van der Waals surface area contributed by atoms with E-state index in [1.54, 1.807) is 31.2 Å². The summed E-state index contributed by atoms with van der Waals surface area (Å²) in [7, 11) is 0. The summed E-state index contributed by atoms with van der Waals surface area (Å²) >= 11 is 0. The van der Waals surface area contributed by atoms with Crippen LogP contribution in [0.3, 0.4) is 0 Å². The van der Waals surface area contributed by atoms with Crippen LogP contribution in [0.25, 0.3) is 0 Å². The number of esters is 1. The van der Waals surface area contributed by atoms with Crippen molar-refractivity contribution in [1.82, 2.24) is 10.6 Å². The average Bonchev–Trinajstić information content (AvgIpc) is 2.58.